The van der Waals surface area contributed by atoms with Gasteiger partial charge in [-0.1, -0.05) is 29.8 Å². The Labute approximate surface area is 102 Å². The van der Waals surface area contributed by atoms with E-state index in [1.54, 1.807) is 6.26 Å². The molecular weight excluding hydrogens is 210 g/mol. The van der Waals surface area contributed by atoms with E-state index in [1.165, 1.54) is 11.1 Å². The van der Waals surface area contributed by atoms with Crippen LogP contribution in [0, 0.1) is 6.92 Å². The van der Waals surface area contributed by atoms with Gasteiger partial charge in [-0.25, -0.2) is 0 Å². The molecule has 17 heavy (non-hydrogen) atoms. The first-order valence-electron chi connectivity index (χ1n) is 6.07. The fourth-order valence-corrected chi connectivity index (χ4v) is 1.90. The van der Waals surface area contributed by atoms with Gasteiger partial charge in [0.1, 0.15) is 5.76 Å². The first kappa shape index (κ1) is 11.9. The minimum atomic E-state index is 0.169. The number of nitrogens with two attached hydrogens (primary N) is 1. The van der Waals surface area contributed by atoms with Gasteiger partial charge in [-0.15, -0.1) is 0 Å². The summed E-state index contributed by atoms with van der Waals surface area (Å²) in [7, 11) is 0. The van der Waals surface area contributed by atoms with Crippen molar-refractivity contribution in [1.29, 1.82) is 0 Å². The topological polar surface area (TPSA) is 39.2 Å². The van der Waals surface area contributed by atoms with E-state index in [-0.39, 0.29) is 6.04 Å². The lowest BCUT2D eigenvalue weighted by molar-refractivity contribution is 0.474. The number of rotatable bonds is 5. The molecule has 1 aromatic carbocycles. The Balaban J connectivity index is 1.79. The summed E-state index contributed by atoms with van der Waals surface area (Å²) in [4.78, 5) is 0. The lowest BCUT2D eigenvalue weighted by Gasteiger charge is -2.09. The molecule has 0 saturated carbocycles. The number of aryl methyl sites for hydroxylation is 2. The second-order valence-corrected chi connectivity index (χ2v) is 4.57. The fraction of sp³-hybridized carbons (Fsp3) is 0.333. The number of benzene rings is 1. The van der Waals surface area contributed by atoms with Gasteiger partial charge in [0.25, 0.3) is 0 Å². The van der Waals surface area contributed by atoms with Crippen molar-refractivity contribution < 1.29 is 4.42 Å². The molecule has 2 N–H and O–H groups in total. The molecular formula is C15H19NO. The molecule has 0 aliphatic rings. The van der Waals surface area contributed by atoms with Crippen molar-refractivity contribution in [3.63, 3.8) is 0 Å². The van der Waals surface area contributed by atoms with E-state index in [1.807, 2.05) is 12.1 Å². The normalized spacial score (nSPS) is 12.6. The third kappa shape index (κ3) is 3.75. The Bertz CT molecular complexity index is 430. The van der Waals surface area contributed by atoms with E-state index in [2.05, 4.69) is 31.2 Å². The molecule has 0 fully saturated rings. The smallest absolute Gasteiger partial charge is 0.105 e. The van der Waals surface area contributed by atoms with Gasteiger partial charge in [-0.05, 0) is 37.5 Å². The summed E-state index contributed by atoms with van der Waals surface area (Å²) in [6.45, 7) is 2.10. The molecule has 0 amide bonds. The molecule has 90 valence electrons. The van der Waals surface area contributed by atoms with Crippen molar-refractivity contribution in [3.8, 4) is 0 Å². The van der Waals surface area contributed by atoms with E-state index in [0.717, 1.165) is 25.0 Å². The lowest BCUT2D eigenvalue weighted by Crippen LogP contribution is -2.23. The van der Waals surface area contributed by atoms with Gasteiger partial charge in [-0.2, -0.15) is 0 Å². The van der Waals surface area contributed by atoms with Gasteiger partial charge < -0.3 is 10.2 Å². The summed E-state index contributed by atoms with van der Waals surface area (Å²) in [6, 6.07) is 12.7. The Morgan fingerprint density at radius 1 is 1.18 bits per heavy atom. The van der Waals surface area contributed by atoms with Crippen molar-refractivity contribution >= 4 is 0 Å². The molecule has 2 heteroatoms. The molecule has 0 spiro atoms. The maximum absolute atomic E-state index is 6.08. The van der Waals surface area contributed by atoms with Gasteiger partial charge in [0.2, 0.25) is 0 Å². The van der Waals surface area contributed by atoms with E-state index >= 15 is 0 Å². The molecule has 1 aromatic heterocycles. The van der Waals surface area contributed by atoms with Crippen LogP contribution < -0.4 is 5.73 Å². The molecule has 1 atom stereocenters. The zero-order valence-electron chi connectivity index (χ0n) is 10.2. The first-order valence-corrected chi connectivity index (χ1v) is 6.07. The summed E-state index contributed by atoms with van der Waals surface area (Å²) >= 11 is 0. The third-order valence-electron chi connectivity index (χ3n) is 2.97. The highest BCUT2D eigenvalue weighted by Crippen LogP contribution is 2.10. The van der Waals surface area contributed by atoms with Gasteiger partial charge >= 0.3 is 0 Å². The Kier molecular flexibility index (Phi) is 3.99. The Morgan fingerprint density at radius 2 is 1.94 bits per heavy atom. The summed E-state index contributed by atoms with van der Waals surface area (Å²) in [6.07, 6.45) is 4.53. The van der Waals surface area contributed by atoms with Crippen LogP contribution in [0.1, 0.15) is 23.3 Å². The zero-order valence-corrected chi connectivity index (χ0v) is 10.2. The molecule has 2 aromatic rings. The minimum absolute atomic E-state index is 0.169. The predicted molar refractivity (Wildman–Crippen MR) is 69.9 cm³/mol. The second-order valence-electron chi connectivity index (χ2n) is 4.57. The van der Waals surface area contributed by atoms with Gasteiger partial charge in [0.15, 0.2) is 0 Å². The SMILES string of the molecule is Cc1ccc(CCC(N)Cc2ccco2)cc1. The van der Waals surface area contributed by atoms with Crippen molar-refractivity contribution in [2.45, 2.75) is 32.2 Å². The standard InChI is InChI=1S/C15H19NO/c1-12-4-6-13(7-5-12)8-9-14(16)11-15-3-2-10-17-15/h2-7,10,14H,8-9,11,16H2,1H3. The molecule has 1 unspecified atom stereocenters. The number of hydrogen-bond donors (Lipinski definition) is 1. The molecule has 2 rings (SSSR count). The number of hydrogen-bond acceptors (Lipinski definition) is 2. The summed E-state index contributed by atoms with van der Waals surface area (Å²) in [5.74, 6) is 0.974. The van der Waals surface area contributed by atoms with Crippen LogP contribution in [0.25, 0.3) is 0 Å². The van der Waals surface area contributed by atoms with E-state index in [4.69, 9.17) is 10.2 Å². The average molecular weight is 229 g/mol. The Hall–Kier alpha value is -1.54. The van der Waals surface area contributed by atoms with Crippen LogP contribution in [0.15, 0.2) is 47.1 Å². The van der Waals surface area contributed by atoms with Crippen molar-refractivity contribution in [2.24, 2.45) is 5.73 Å². The fourth-order valence-electron chi connectivity index (χ4n) is 1.90. The lowest BCUT2D eigenvalue weighted by atomic mass is 10.0. The van der Waals surface area contributed by atoms with E-state index in [9.17, 15) is 0 Å². The quantitative estimate of drug-likeness (QED) is 0.855. The number of furan rings is 1. The highest BCUT2D eigenvalue weighted by molar-refractivity contribution is 5.21. The van der Waals surface area contributed by atoms with Crippen LogP contribution in [0.3, 0.4) is 0 Å². The Morgan fingerprint density at radius 3 is 2.59 bits per heavy atom. The molecule has 2 nitrogen and oxygen atoms in total. The van der Waals surface area contributed by atoms with Gasteiger partial charge in [-0.3, -0.25) is 0 Å². The van der Waals surface area contributed by atoms with Gasteiger partial charge in [0, 0.05) is 12.5 Å². The van der Waals surface area contributed by atoms with Gasteiger partial charge in [0.05, 0.1) is 6.26 Å². The first-order chi connectivity index (χ1) is 8.24. The van der Waals surface area contributed by atoms with Crippen LogP contribution in [-0.2, 0) is 12.8 Å². The van der Waals surface area contributed by atoms with E-state index < -0.39 is 0 Å². The minimum Gasteiger partial charge on any atom is -0.469 e. The largest absolute Gasteiger partial charge is 0.469 e. The molecule has 0 saturated heterocycles. The molecule has 0 bridgehead atoms. The van der Waals surface area contributed by atoms with Crippen LogP contribution in [0.5, 0.6) is 0 Å². The van der Waals surface area contributed by atoms with E-state index in [0.29, 0.717) is 0 Å². The zero-order chi connectivity index (χ0) is 12.1. The van der Waals surface area contributed by atoms with Crippen LogP contribution >= 0.6 is 0 Å². The van der Waals surface area contributed by atoms with Crippen molar-refractivity contribution in [2.75, 3.05) is 0 Å². The van der Waals surface area contributed by atoms with Crippen LogP contribution in [-0.4, -0.2) is 6.04 Å². The third-order valence-corrected chi connectivity index (χ3v) is 2.97. The van der Waals surface area contributed by atoms with Crippen molar-refractivity contribution in [1.82, 2.24) is 0 Å². The summed E-state index contributed by atoms with van der Waals surface area (Å²) in [5.41, 5.74) is 8.73. The predicted octanol–water partition coefficient (Wildman–Crippen LogP) is 3.09. The molecule has 0 aliphatic carbocycles. The summed E-state index contributed by atoms with van der Waals surface area (Å²) < 4.78 is 5.29. The second kappa shape index (κ2) is 5.69. The highest BCUT2D eigenvalue weighted by Gasteiger charge is 2.06. The molecule has 0 radical (unpaired) electrons. The molecule has 1 heterocycles. The monoisotopic (exact) mass is 229 g/mol. The molecule has 0 aliphatic heterocycles. The van der Waals surface area contributed by atoms with Crippen LogP contribution in [0.2, 0.25) is 0 Å². The summed E-state index contributed by atoms with van der Waals surface area (Å²) in [5, 5.41) is 0. The average Bonchev–Trinajstić information content (AvgIpc) is 2.81. The maximum Gasteiger partial charge on any atom is 0.105 e. The van der Waals surface area contributed by atoms with Crippen molar-refractivity contribution in [3.05, 3.63) is 59.5 Å². The maximum atomic E-state index is 6.08. The highest BCUT2D eigenvalue weighted by atomic mass is 16.3. The van der Waals surface area contributed by atoms with Crippen LogP contribution in [0.4, 0.5) is 0 Å².